The summed E-state index contributed by atoms with van der Waals surface area (Å²) in [5.41, 5.74) is 3.19. The number of amides is 1. The number of hydrogen-bond acceptors (Lipinski definition) is 6. The average molecular weight is 374 g/mol. The highest BCUT2D eigenvalue weighted by Crippen LogP contribution is 2.30. The molecule has 1 amide bonds. The highest BCUT2D eigenvalue weighted by atomic mass is 16.3. The summed E-state index contributed by atoms with van der Waals surface area (Å²) in [5.74, 6) is 1.07. The van der Waals surface area contributed by atoms with Gasteiger partial charge in [0.1, 0.15) is 11.8 Å². The lowest BCUT2D eigenvalue weighted by molar-refractivity contribution is 0.0706. The van der Waals surface area contributed by atoms with Gasteiger partial charge >= 0.3 is 0 Å². The van der Waals surface area contributed by atoms with Gasteiger partial charge in [0.25, 0.3) is 5.91 Å². The number of carbonyl (C=O) groups is 1. The van der Waals surface area contributed by atoms with Gasteiger partial charge in [0.05, 0.1) is 5.69 Å². The van der Waals surface area contributed by atoms with Crippen LogP contribution >= 0.6 is 0 Å². The van der Waals surface area contributed by atoms with Crippen LogP contribution in [0.15, 0.2) is 59.3 Å². The number of oxazole rings is 1. The zero-order valence-electron chi connectivity index (χ0n) is 15.1. The summed E-state index contributed by atoms with van der Waals surface area (Å²) in [5, 5.41) is 11.1. The minimum Gasteiger partial charge on any atom is -0.440 e. The largest absolute Gasteiger partial charge is 0.440 e. The molecule has 1 aliphatic heterocycles. The molecule has 0 radical (unpaired) electrons. The smallest absolute Gasteiger partial charge is 0.253 e. The quantitative estimate of drug-likeness (QED) is 0.548. The first-order valence-corrected chi connectivity index (χ1v) is 9.26. The van der Waals surface area contributed by atoms with Crippen molar-refractivity contribution in [3.8, 4) is 5.69 Å². The molecule has 8 nitrogen and oxygen atoms in total. The molecule has 28 heavy (non-hydrogen) atoms. The number of carbonyl (C=O) groups excluding carboxylic acids is 1. The van der Waals surface area contributed by atoms with E-state index in [2.05, 4.69) is 20.5 Å². The summed E-state index contributed by atoms with van der Waals surface area (Å²) in [6.45, 7) is 1.38. The van der Waals surface area contributed by atoms with E-state index in [0.29, 0.717) is 18.7 Å². The number of tetrazole rings is 1. The molecule has 2 aromatic carbocycles. The summed E-state index contributed by atoms with van der Waals surface area (Å²) in [4.78, 5) is 19.3. The maximum Gasteiger partial charge on any atom is 0.253 e. The average Bonchev–Trinajstić information content (AvgIpc) is 3.43. The minimum atomic E-state index is 0.0410. The van der Waals surface area contributed by atoms with Crippen LogP contribution in [0.25, 0.3) is 16.8 Å². The van der Waals surface area contributed by atoms with Crippen LogP contribution < -0.4 is 0 Å². The van der Waals surface area contributed by atoms with Gasteiger partial charge in [0.2, 0.25) is 0 Å². The molecule has 5 rings (SSSR count). The number of piperidine rings is 1. The van der Waals surface area contributed by atoms with Crippen LogP contribution in [0.3, 0.4) is 0 Å². The Morgan fingerprint density at radius 1 is 1.04 bits per heavy atom. The second-order valence-electron chi connectivity index (χ2n) is 6.89. The van der Waals surface area contributed by atoms with Crippen molar-refractivity contribution >= 4 is 17.0 Å². The van der Waals surface area contributed by atoms with Gasteiger partial charge < -0.3 is 9.32 Å². The number of likely N-dealkylation sites (tertiary alicyclic amines) is 1. The number of para-hydroxylation sites is 2. The molecule has 0 aliphatic carbocycles. The normalized spacial score (nSPS) is 15.2. The Labute approximate surface area is 160 Å². The van der Waals surface area contributed by atoms with Crippen LogP contribution in [0.1, 0.15) is 35.0 Å². The Bertz CT molecular complexity index is 1060. The Morgan fingerprint density at radius 2 is 1.82 bits per heavy atom. The van der Waals surface area contributed by atoms with Crippen molar-refractivity contribution in [2.75, 3.05) is 13.1 Å². The van der Waals surface area contributed by atoms with E-state index in [1.165, 1.54) is 6.33 Å². The van der Waals surface area contributed by atoms with Gasteiger partial charge in [-0.2, -0.15) is 0 Å². The van der Waals surface area contributed by atoms with Crippen LogP contribution in [0.2, 0.25) is 0 Å². The van der Waals surface area contributed by atoms with Crippen molar-refractivity contribution in [2.45, 2.75) is 18.8 Å². The van der Waals surface area contributed by atoms with Gasteiger partial charge in [-0.3, -0.25) is 4.79 Å². The van der Waals surface area contributed by atoms with E-state index in [-0.39, 0.29) is 11.8 Å². The van der Waals surface area contributed by atoms with E-state index >= 15 is 0 Å². The second-order valence-corrected chi connectivity index (χ2v) is 6.89. The second kappa shape index (κ2) is 6.88. The van der Waals surface area contributed by atoms with Crippen molar-refractivity contribution in [3.05, 3.63) is 66.3 Å². The number of hydrogen-bond donors (Lipinski definition) is 0. The third-order valence-electron chi connectivity index (χ3n) is 5.17. The fourth-order valence-electron chi connectivity index (χ4n) is 3.61. The standard InChI is InChI=1S/C20H18N6O2/c27-20(15-5-7-16(8-6-15)26-13-21-23-24-26)25-11-9-14(10-12-25)19-22-17-3-1-2-4-18(17)28-19/h1-8,13-14H,9-12H2. The van der Waals surface area contributed by atoms with E-state index in [1.807, 2.05) is 53.4 Å². The van der Waals surface area contributed by atoms with Gasteiger partial charge in [0, 0.05) is 24.6 Å². The molecule has 2 aromatic heterocycles. The van der Waals surface area contributed by atoms with Gasteiger partial charge in [-0.15, -0.1) is 5.10 Å². The molecule has 4 aromatic rings. The van der Waals surface area contributed by atoms with Gasteiger partial charge in [-0.1, -0.05) is 12.1 Å². The Balaban J connectivity index is 1.25. The first kappa shape index (κ1) is 16.6. The topological polar surface area (TPSA) is 89.9 Å². The van der Waals surface area contributed by atoms with Crippen LogP contribution in [0.4, 0.5) is 0 Å². The third kappa shape index (κ3) is 3.02. The molecule has 0 atom stereocenters. The predicted molar refractivity (Wildman–Crippen MR) is 101 cm³/mol. The molecular weight excluding hydrogens is 356 g/mol. The fourth-order valence-corrected chi connectivity index (χ4v) is 3.61. The zero-order valence-corrected chi connectivity index (χ0v) is 15.1. The van der Waals surface area contributed by atoms with E-state index in [1.54, 1.807) is 4.68 Å². The third-order valence-corrected chi connectivity index (χ3v) is 5.17. The summed E-state index contributed by atoms with van der Waals surface area (Å²) in [7, 11) is 0. The number of nitrogens with zero attached hydrogens (tertiary/aromatic N) is 6. The summed E-state index contributed by atoms with van der Waals surface area (Å²) in [6.07, 6.45) is 3.22. The SMILES string of the molecule is O=C(c1ccc(-n2cnnn2)cc1)N1CCC(c2nc3ccccc3o2)CC1. The van der Waals surface area contributed by atoms with Crippen molar-refractivity contribution in [1.82, 2.24) is 30.1 Å². The van der Waals surface area contributed by atoms with Gasteiger partial charge in [0.15, 0.2) is 11.5 Å². The molecule has 8 heteroatoms. The maximum absolute atomic E-state index is 12.8. The highest BCUT2D eigenvalue weighted by Gasteiger charge is 2.27. The Kier molecular flexibility index (Phi) is 4.08. The Morgan fingerprint density at radius 3 is 2.54 bits per heavy atom. The Hall–Kier alpha value is -3.55. The lowest BCUT2D eigenvalue weighted by atomic mass is 9.96. The molecule has 3 heterocycles. The van der Waals surface area contributed by atoms with E-state index in [9.17, 15) is 4.79 Å². The van der Waals surface area contributed by atoms with Crippen LogP contribution in [0, 0.1) is 0 Å². The number of rotatable bonds is 3. The number of fused-ring (bicyclic) bond motifs is 1. The lowest BCUT2D eigenvalue weighted by Gasteiger charge is -2.30. The van der Waals surface area contributed by atoms with E-state index in [4.69, 9.17) is 4.42 Å². The summed E-state index contributed by atoms with van der Waals surface area (Å²) >= 11 is 0. The molecule has 0 bridgehead atoms. The van der Waals surface area contributed by atoms with Crippen molar-refractivity contribution in [2.24, 2.45) is 0 Å². The zero-order chi connectivity index (χ0) is 18.9. The first-order chi connectivity index (χ1) is 13.8. The van der Waals surface area contributed by atoms with Crippen molar-refractivity contribution < 1.29 is 9.21 Å². The van der Waals surface area contributed by atoms with Crippen LogP contribution in [-0.4, -0.2) is 49.1 Å². The summed E-state index contributed by atoms with van der Waals surface area (Å²) < 4.78 is 7.46. The molecule has 0 saturated carbocycles. The predicted octanol–water partition coefficient (Wildman–Crippen LogP) is 2.82. The minimum absolute atomic E-state index is 0.0410. The molecule has 1 fully saturated rings. The lowest BCUT2D eigenvalue weighted by Crippen LogP contribution is -2.38. The molecule has 0 N–H and O–H groups in total. The molecule has 140 valence electrons. The van der Waals surface area contributed by atoms with E-state index < -0.39 is 0 Å². The van der Waals surface area contributed by atoms with Gasteiger partial charge in [-0.05, 0) is 59.7 Å². The molecular formula is C20H18N6O2. The number of aromatic nitrogens is 5. The maximum atomic E-state index is 12.8. The van der Waals surface area contributed by atoms with E-state index in [0.717, 1.165) is 35.5 Å². The van der Waals surface area contributed by atoms with Crippen LogP contribution in [-0.2, 0) is 0 Å². The van der Waals surface area contributed by atoms with Crippen molar-refractivity contribution in [1.29, 1.82) is 0 Å². The molecule has 0 spiro atoms. The summed E-state index contributed by atoms with van der Waals surface area (Å²) in [6, 6.07) is 15.1. The highest BCUT2D eigenvalue weighted by molar-refractivity contribution is 5.94. The van der Waals surface area contributed by atoms with Crippen molar-refractivity contribution in [3.63, 3.8) is 0 Å². The van der Waals surface area contributed by atoms with Gasteiger partial charge in [-0.25, -0.2) is 9.67 Å². The molecule has 0 unspecified atom stereocenters. The molecule has 1 aliphatic rings. The van der Waals surface area contributed by atoms with Crippen LogP contribution in [0.5, 0.6) is 0 Å². The monoisotopic (exact) mass is 374 g/mol. The first-order valence-electron chi connectivity index (χ1n) is 9.26. The molecule has 1 saturated heterocycles. The number of benzene rings is 2. The fraction of sp³-hybridized carbons (Fsp3) is 0.250.